The smallest absolute Gasteiger partial charge is 0.307 e. The third kappa shape index (κ3) is 3.27. The maximum atomic E-state index is 14.2. The Morgan fingerprint density at radius 1 is 1.20 bits per heavy atom. The number of hydrogen-bond acceptors (Lipinski definition) is 1. The predicted octanol–water partition coefficient (Wildman–Crippen LogP) is 5.25. The molecule has 0 amide bonds. The second kappa shape index (κ2) is 6.67. The molecule has 130 valence electrons. The van der Waals surface area contributed by atoms with E-state index in [1.54, 1.807) is 0 Å². The average Bonchev–Trinajstić information content (AvgIpc) is 2.91. The van der Waals surface area contributed by atoms with Crippen LogP contribution in [0.5, 0.6) is 0 Å². The van der Waals surface area contributed by atoms with Crippen LogP contribution in [0.1, 0.15) is 37.3 Å². The van der Waals surface area contributed by atoms with Gasteiger partial charge in [0.1, 0.15) is 11.6 Å². The van der Waals surface area contributed by atoms with E-state index in [2.05, 4.69) is 18.8 Å². The predicted molar refractivity (Wildman–Crippen MR) is 93.7 cm³/mol. The monoisotopic (exact) mass is 343 g/mol. The molecule has 2 aromatic carbocycles. The second-order valence-electron chi connectivity index (χ2n) is 6.29. The molecule has 1 unspecified atom stereocenters. The Balaban J connectivity index is 2.25. The molecule has 0 saturated heterocycles. The van der Waals surface area contributed by atoms with Gasteiger partial charge in [0.2, 0.25) is 0 Å². The number of aromatic amines is 1. The minimum Gasteiger partial charge on any atom is -0.481 e. The molecular weight excluding hydrogens is 324 g/mol. The number of halogens is 2. The van der Waals surface area contributed by atoms with Gasteiger partial charge in [0.05, 0.1) is 12.1 Å². The summed E-state index contributed by atoms with van der Waals surface area (Å²) in [6.45, 7) is 4.19. The van der Waals surface area contributed by atoms with Crippen molar-refractivity contribution in [3.8, 4) is 11.3 Å². The Morgan fingerprint density at radius 3 is 2.60 bits per heavy atom. The molecule has 3 aromatic rings. The number of H-pyrrole nitrogens is 1. The summed E-state index contributed by atoms with van der Waals surface area (Å²) in [7, 11) is 0. The minimum atomic E-state index is -1.00. The number of carboxylic acids is 1. The topological polar surface area (TPSA) is 53.1 Å². The van der Waals surface area contributed by atoms with Gasteiger partial charge in [-0.25, -0.2) is 8.78 Å². The number of nitrogens with one attached hydrogen (secondary N) is 1. The third-order valence-corrected chi connectivity index (χ3v) is 4.64. The number of aliphatic carboxylic acids is 1. The Labute approximate surface area is 144 Å². The minimum absolute atomic E-state index is 0.166. The lowest BCUT2D eigenvalue weighted by atomic mass is 9.95. The number of carboxylic acid groups (broad SMARTS) is 1. The molecule has 0 aliphatic rings. The van der Waals surface area contributed by atoms with Gasteiger partial charge in [-0.05, 0) is 47.7 Å². The van der Waals surface area contributed by atoms with Crippen molar-refractivity contribution >= 4 is 16.9 Å². The Hall–Kier alpha value is -2.69. The summed E-state index contributed by atoms with van der Waals surface area (Å²) < 4.78 is 27.5. The van der Waals surface area contributed by atoms with E-state index in [9.17, 15) is 18.7 Å². The van der Waals surface area contributed by atoms with Gasteiger partial charge in [-0.1, -0.05) is 19.9 Å². The first-order chi connectivity index (χ1) is 11.9. The van der Waals surface area contributed by atoms with Crippen LogP contribution < -0.4 is 0 Å². The van der Waals surface area contributed by atoms with Gasteiger partial charge < -0.3 is 10.1 Å². The van der Waals surface area contributed by atoms with Crippen LogP contribution in [0.15, 0.2) is 36.4 Å². The molecule has 0 spiro atoms. The summed E-state index contributed by atoms with van der Waals surface area (Å²) in [5, 5.41) is 10.0. The van der Waals surface area contributed by atoms with E-state index in [0.29, 0.717) is 17.2 Å². The van der Waals surface area contributed by atoms with Crippen molar-refractivity contribution in [2.45, 2.75) is 32.6 Å². The lowest BCUT2D eigenvalue weighted by Gasteiger charge is -2.09. The molecular formula is C20H19F2NO2. The number of aromatic nitrogens is 1. The van der Waals surface area contributed by atoms with Crippen LogP contribution in [0.4, 0.5) is 8.78 Å². The van der Waals surface area contributed by atoms with E-state index in [4.69, 9.17) is 0 Å². The van der Waals surface area contributed by atoms with Crippen LogP contribution in [-0.2, 0) is 11.2 Å². The van der Waals surface area contributed by atoms with Crippen LogP contribution in [0.3, 0.4) is 0 Å². The van der Waals surface area contributed by atoms with Crippen molar-refractivity contribution in [2.24, 2.45) is 0 Å². The van der Waals surface area contributed by atoms with E-state index in [-0.39, 0.29) is 12.0 Å². The van der Waals surface area contributed by atoms with Gasteiger partial charge in [-0.3, -0.25) is 4.79 Å². The quantitative estimate of drug-likeness (QED) is 0.664. The molecule has 1 aromatic heterocycles. The lowest BCUT2D eigenvalue weighted by molar-refractivity contribution is -0.136. The first-order valence-corrected chi connectivity index (χ1v) is 8.22. The van der Waals surface area contributed by atoms with Crippen molar-refractivity contribution in [1.29, 1.82) is 0 Å². The number of carbonyl (C=O) groups is 1. The summed E-state index contributed by atoms with van der Waals surface area (Å²) in [5.41, 5.74) is 2.90. The van der Waals surface area contributed by atoms with E-state index >= 15 is 0 Å². The van der Waals surface area contributed by atoms with Crippen LogP contribution in [0.2, 0.25) is 0 Å². The molecule has 0 aliphatic carbocycles. The number of hydrogen-bond donors (Lipinski definition) is 2. The van der Waals surface area contributed by atoms with E-state index in [1.165, 1.54) is 12.1 Å². The Morgan fingerprint density at radius 2 is 1.96 bits per heavy atom. The fraction of sp³-hybridized carbons (Fsp3) is 0.250. The highest BCUT2D eigenvalue weighted by Crippen LogP contribution is 2.34. The van der Waals surface area contributed by atoms with Crippen molar-refractivity contribution in [3.63, 3.8) is 0 Å². The van der Waals surface area contributed by atoms with Gasteiger partial charge in [-0.15, -0.1) is 0 Å². The summed E-state index contributed by atoms with van der Waals surface area (Å²) in [6, 6.07) is 9.13. The zero-order chi connectivity index (χ0) is 18.1. The maximum Gasteiger partial charge on any atom is 0.307 e. The molecule has 0 bridgehead atoms. The Bertz CT molecular complexity index is 946. The number of rotatable bonds is 5. The van der Waals surface area contributed by atoms with Gasteiger partial charge in [0.25, 0.3) is 0 Å². The zero-order valence-corrected chi connectivity index (χ0v) is 14.1. The molecule has 1 atom stereocenters. The molecule has 25 heavy (non-hydrogen) atoms. The zero-order valence-electron chi connectivity index (χ0n) is 14.1. The maximum absolute atomic E-state index is 14.2. The molecule has 0 saturated carbocycles. The Kier molecular flexibility index (Phi) is 4.57. The highest BCUT2D eigenvalue weighted by molar-refractivity contribution is 5.94. The van der Waals surface area contributed by atoms with Gasteiger partial charge >= 0.3 is 5.97 Å². The van der Waals surface area contributed by atoms with Crippen LogP contribution >= 0.6 is 0 Å². The molecule has 0 aliphatic heterocycles. The summed E-state index contributed by atoms with van der Waals surface area (Å²) in [6.07, 6.45) is 0.722. The standard InChI is InChI=1S/C20H19F2NO2/c1-3-11(2)12-4-7-18-15(8-12)16(10-19(24)25)20(23-18)14-6-5-13(21)9-17(14)22/h4-9,11,23H,3,10H2,1-2H3,(H,24,25). The largest absolute Gasteiger partial charge is 0.481 e. The van der Waals surface area contributed by atoms with Gasteiger partial charge in [0, 0.05) is 22.5 Å². The van der Waals surface area contributed by atoms with E-state index in [1.807, 2.05) is 18.2 Å². The van der Waals surface area contributed by atoms with Crippen LogP contribution in [-0.4, -0.2) is 16.1 Å². The first kappa shape index (κ1) is 17.1. The fourth-order valence-corrected chi connectivity index (χ4v) is 3.06. The SMILES string of the molecule is CCC(C)c1ccc2[nH]c(-c3ccc(F)cc3F)c(CC(=O)O)c2c1. The van der Waals surface area contributed by atoms with Crippen molar-refractivity contribution in [1.82, 2.24) is 4.98 Å². The highest BCUT2D eigenvalue weighted by Gasteiger charge is 2.19. The molecule has 3 nitrogen and oxygen atoms in total. The fourth-order valence-electron chi connectivity index (χ4n) is 3.06. The van der Waals surface area contributed by atoms with Crippen molar-refractivity contribution in [3.05, 3.63) is 59.2 Å². The van der Waals surface area contributed by atoms with Crippen molar-refractivity contribution < 1.29 is 18.7 Å². The molecule has 2 N–H and O–H groups in total. The number of benzene rings is 2. The normalized spacial score (nSPS) is 12.5. The number of fused-ring (bicyclic) bond motifs is 1. The summed E-state index contributed by atoms with van der Waals surface area (Å²) in [5.74, 6) is -2.06. The molecule has 0 fully saturated rings. The highest BCUT2D eigenvalue weighted by atomic mass is 19.1. The second-order valence-corrected chi connectivity index (χ2v) is 6.29. The van der Waals surface area contributed by atoms with E-state index < -0.39 is 17.6 Å². The van der Waals surface area contributed by atoms with E-state index in [0.717, 1.165) is 29.0 Å². The van der Waals surface area contributed by atoms with Crippen molar-refractivity contribution in [2.75, 3.05) is 0 Å². The van der Waals surface area contributed by atoms with Crippen LogP contribution in [0.25, 0.3) is 22.2 Å². The van der Waals surface area contributed by atoms with Gasteiger partial charge in [0.15, 0.2) is 0 Å². The third-order valence-electron chi connectivity index (χ3n) is 4.64. The van der Waals surface area contributed by atoms with Gasteiger partial charge in [-0.2, -0.15) is 0 Å². The summed E-state index contributed by atoms with van der Waals surface area (Å²) >= 11 is 0. The first-order valence-electron chi connectivity index (χ1n) is 8.22. The average molecular weight is 343 g/mol. The molecule has 1 heterocycles. The molecule has 5 heteroatoms. The molecule has 3 rings (SSSR count). The molecule has 0 radical (unpaired) electrons. The van der Waals surface area contributed by atoms with Crippen LogP contribution in [0, 0.1) is 11.6 Å². The lowest BCUT2D eigenvalue weighted by Crippen LogP contribution is -2.02. The summed E-state index contributed by atoms with van der Waals surface area (Å²) in [4.78, 5) is 14.4.